The zero-order valence-corrected chi connectivity index (χ0v) is 11.7. The Hall–Kier alpha value is -1.64. The van der Waals surface area contributed by atoms with Crippen LogP contribution < -0.4 is 5.32 Å². The Kier molecular flexibility index (Phi) is 4.46. The van der Waals surface area contributed by atoms with E-state index in [4.69, 9.17) is 4.74 Å². The Bertz CT molecular complexity index is 538. The summed E-state index contributed by atoms with van der Waals surface area (Å²) in [5, 5.41) is 3.52. The first-order chi connectivity index (χ1) is 9.93. The number of nitrogens with one attached hydrogen (secondary N) is 1. The molecule has 0 saturated carbocycles. The zero-order valence-electron chi connectivity index (χ0n) is 11.7. The highest BCUT2D eigenvalue weighted by atomic mass is 16.5. The fourth-order valence-electron chi connectivity index (χ4n) is 2.76. The van der Waals surface area contributed by atoms with Gasteiger partial charge in [0.05, 0.1) is 12.7 Å². The molecule has 1 aliphatic rings. The van der Waals surface area contributed by atoms with Gasteiger partial charge in [-0.05, 0) is 36.1 Å². The predicted octanol–water partition coefficient (Wildman–Crippen LogP) is 3.13. The van der Waals surface area contributed by atoms with E-state index in [1.807, 2.05) is 0 Å². The Morgan fingerprint density at radius 2 is 1.80 bits per heavy atom. The molecule has 20 heavy (non-hydrogen) atoms. The van der Waals surface area contributed by atoms with Gasteiger partial charge in [0.2, 0.25) is 0 Å². The van der Waals surface area contributed by atoms with Crippen LogP contribution in [0.2, 0.25) is 0 Å². The van der Waals surface area contributed by atoms with E-state index in [9.17, 15) is 0 Å². The largest absolute Gasteiger partial charge is 0.372 e. The number of hydrogen-bond acceptors (Lipinski definition) is 2. The van der Waals surface area contributed by atoms with Crippen LogP contribution in [-0.2, 0) is 17.6 Å². The van der Waals surface area contributed by atoms with Crippen LogP contribution >= 0.6 is 0 Å². The van der Waals surface area contributed by atoms with Crippen molar-refractivity contribution in [1.29, 1.82) is 0 Å². The number of benzene rings is 2. The summed E-state index contributed by atoms with van der Waals surface area (Å²) in [6.07, 6.45) is 2.31. The second-order valence-electron chi connectivity index (χ2n) is 5.25. The molecule has 1 heterocycles. The van der Waals surface area contributed by atoms with Crippen LogP contribution in [0.4, 0.5) is 0 Å². The zero-order chi connectivity index (χ0) is 13.6. The van der Waals surface area contributed by atoms with Crippen molar-refractivity contribution in [3.05, 3.63) is 71.3 Å². The second kappa shape index (κ2) is 6.69. The number of hydrogen-bond donors (Lipinski definition) is 1. The van der Waals surface area contributed by atoms with Crippen LogP contribution in [0.5, 0.6) is 0 Å². The maximum absolute atomic E-state index is 5.89. The van der Waals surface area contributed by atoms with Crippen LogP contribution in [0.25, 0.3) is 0 Å². The summed E-state index contributed by atoms with van der Waals surface area (Å²) in [6.45, 7) is 2.72. The van der Waals surface area contributed by atoms with Crippen molar-refractivity contribution < 1.29 is 4.74 Å². The topological polar surface area (TPSA) is 21.3 Å². The third-order valence-electron chi connectivity index (χ3n) is 3.86. The fraction of sp³-hybridized carbons (Fsp3) is 0.333. The van der Waals surface area contributed by atoms with E-state index in [1.54, 1.807) is 0 Å². The summed E-state index contributed by atoms with van der Waals surface area (Å²) in [6, 6.07) is 19.2. The van der Waals surface area contributed by atoms with Gasteiger partial charge in [-0.2, -0.15) is 0 Å². The van der Waals surface area contributed by atoms with E-state index in [1.165, 1.54) is 16.7 Å². The molecule has 0 bridgehead atoms. The molecule has 2 aromatic rings. The lowest BCUT2D eigenvalue weighted by Crippen LogP contribution is -2.28. The fourth-order valence-corrected chi connectivity index (χ4v) is 2.76. The minimum absolute atomic E-state index is 0.204. The molecular formula is C18H21NO. The Labute approximate surface area is 120 Å². The molecule has 104 valence electrons. The van der Waals surface area contributed by atoms with Crippen molar-refractivity contribution in [3.8, 4) is 0 Å². The van der Waals surface area contributed by atoms with E-state index >= 15 is 0 Å². The summed E-state index contributed by atoms with van der Waals surface area (Å²) in [5.74, 6) is 0. The van der Waals surface area contributed by atoms with Crippen molar-refractivity contribution in [1.82, 2.24) is 5.32 Å². The molecule has 0 radical (unpaired) electrons. The van der Waals surface area contributed by atoms with Gasteiger partial charge in [0, 0.05) is 6.54 Å². The molecule has 2 nitrogen and oxygen atoms in total. The van der Waals surface area contributed by atoms with Crippen LogP contribution in [-0.4, -0.2) is 19.7 Å². The third-order valence-corrected chi connectivity index (χ3v) is 3.86. The predicted molar refractivity (Wildman–Crippen MR) is 81.9 cm³/mol. The highest BCUT2D eigenvalue weighted by Gasteiger charge is 2.19. The Morgan fingerprint density at radius 3 is 2.70 bits per heavy atom. The van der Waals surface area contributed by atoms with Gasteiger partial charge < -0.3 is 10.1 Å². The quantitative estimate of drug-likeness (QED) is 0.840. The van der Waals surface area contributed by atoms with E-state index in [0.29, 0.717) is 0 Å². The molecule has 0 saturated heterocycles. The minimum Gasteiger partial charge on any atom is -0.372 e. The summed E-state index contributed by atoms with van der Waals surface area (Å²) in [4.78, 5) is 0. The van der Waals surface area contributed by atoms with Gasteiger partial charge >= 0.3 is 0 Å². The van der Waals surface area contributed by atoms with E-state index in [0.717, 1.165) is 32.5 Å². The Balaban J connectivity index is 1.50. The van der Waals surface area contributed by atoms with Gasteiger partial charge in [0.25, 0.3) is 0 Å². The van der Waals surface area contributed by atoms with Crippen LogP contribution in [0.15, 0.2) is 54.6 Å². The van der Waals surface area contributed by atoms with Crippen LogP contribution in [0, 0.1) is 0 Å². The molecule has 0 aliphatic carbocycles. The molecule has 1 atom stereocenters. The molecule has 0 amide bonds. The summed E-state index contributed by atoms with van der Waals surface area (Å²) >= 11 is 0. The maximum Gasteiger partial charge on any atom is 0.0952 e. The van der Waals surface area contributed by atoms with Gasteiger partial charge in [-0.3, -0.25) is 0 Å². The molecule has 0 spiro atoms. The second-order valence-corrected chi connectivity index (χ2v) is 5.25. The maximum atomic E-state index is 5.89. The van der Waals surface area contributed by atoms with Gasteiger partial charge in [0.15, 0.2) is 0 Å². The van der Waals surface area contributed by atoms with Gasteiger partial charge in [-0.1, -0.05) is 54.6 Å². The van der Waals surface area contributed by atoms with Gasteiger partial charge in [-0.15, -0.1) is 0 Å². The minimum atomic E-state index is 0.204. The van der Waals surface area contributed by atoms with Gasteiger partial charge in [0.1, 0.15) is 0 Å². The highest BCUT2D eigenvalue weighted by Crippen LogP contribution is 2.26. The average Bonchev–Trinajstić information content (AvgIpc) is 2.53. The van der Waals surface area contributed by atoms with Crippen LogP contribution in [0.1, 0.15) is 22.8 Å². The highest BCUT2D eigenvalue weighted by molar-refractivity contribution is 5.31. The van der Waals surface area contributed by atoms with Crippen molar-refractivity contribution in [2.24, 2.45) is 0 Å². The number of fused-ring (bicyclic) bond motifs is 1. The molecular weight excluding hydrogens is 246 g/mol. The first-order valence-corrected chi connectivity index (χ1v) is 7.37. The summed E-state index contributed by atoms with van der Waals surface area (Å²) < 4.78 is 5.89. The van der Waals surface area contributed by atoms with Crippen molar-refractivity contribution in [2.75, 3.05) is 19.7 Å². The molecule has 1 N–H and O–H groups in total. The summed E-state index contributed by atoms with van der Waals surface area (Å²) in [7, 11) is 0. The van der Waals surface area contributed by atoms with Gasteiger partial charge in [-0.25, -0.2) is 0 Å². The third kappa shape index (κ3) is 3.27. The number of ether oxygens (including phenoxy) is 1. The average molecular weight is 267 g/mol. The van der Waals surface area contributed by atoms with E-state index in [2.05, 4.69) is 59.9 Å². The molecule has 1 unspecified atom stereocenters. The van der Waals surface area contributed by atoms with Crippen molar-refractivity contribution >= 4 is 0 Å². The van der Waals surface area contributed by atoms with Crippen molar-refractivity contribution in [2.45, 2.75) is 18.9 Å². The molecule has 0 aromatic heterocycles. The molecule has 3 rings (SSSR count). The molecule has 2 aromatic carbocycles. The van der Waals surface area contributed by atoms with E-state index in [-0.39, 0.29) is 6.10 Å². The lowest BCUT2D eigenvalue weighted by Gasteiger charge is -2.26. The molecule has 0 fully saturated rings. The lowest BCUT2D eigenvalue weighted by atomic mass is 9.97. The first-order valence-electron chi connectivity index (χ1n) is 7.37. The van der Waals surface area contributed by atoms with E-state index < -0.39 is 0 Å². The summed E-state index contributed by atoms with van der Waals surface area (Å²) in [5.41, 5.74) is 4.17. The van der Waals surface area contributed by atoms with Crippen LogP contribution in [0.3, 0.4) is 0 Å². The Morgan fingerprint density at radius 1 is 1.00 bits per heavy atom. The SMILES string of the molecule is c1ccc(CCNCC2OCCc3ccccc32)cc1. The smallest absolute Gasteiger partial charge is 0.0952 e. The first kappa shape index (κ1) is 13.3. The monoisotopic (exact) mass is 267 g/mol. The number of rotatable bonds is 5. The lowest BCUT2D eigenvalue weighted by molar-refractivity contribution is 0.0427. The van der Waals surface area contributed by atoms with Crippen molar-refractivity contribution in [3.63, 3.8) is 0 Å². The molecule has 2 heteroatoms. The standard InChI is InChI=1S/C18H21NO/c1-2-6-15(7-3-1)10-12-19-14-18-17-9-5-4-8-16(17)11-13-20-18/h1-9,18-19H,10-14H2. The normalized spacial score (nSPS) is 17.7. The molecule has 1 aliphatic heterocycles.